The van der Waals surface area contributed by atoms with E-state index >= 15 is 0 Å². The smallest absolute Gasteiger partial charge is 0.306 e. The van der Waals surface area contributed by atoms with Gasteiger partial charge in [-0.3, -0.25) is 9.59 Å². The van der Waals surface area contributed by atoms with Gasteiger partial charge in [-0.1, -0.05) is 63.7 Å². The minimum Gasteiger partial charge on any atom is -0.461 e. The predicted octanol–water partition coefficient (Wildman–Crippen LogP) is 6.67. The van der Waals surface area contributed by atoms with E-state index in [1.54, 1.807) is 0 Å². The first-order valence-corrected chi connectivity index (χ1v) is 11.6. The highest BCUT2D eigenvalue weighted by molar-refractivity contribution is 5.72. The first-order chi connectivity index (χ1) is 16.3. The van der Waals surface area contributed by atoms with Crippen molar-refractivity contribution in [3.05, 3.63) is 34.6 Å². The van der Waals surface area contributed by atoms with Crippen LogP contribution in [-0.2, 0) is 25.7 Å². The molecule has 1 rings (SSSR count). The zero-order chi connectivity index (χ0) is 25.3. The molecule has 0 heterocycles. The number of hydrogen-bond acceptors (Lipinski definition) is 4. The average Bonchev–Trinajstić information content (AvgIpc) is 2.82. The molecule has 0 fully saturated rings. The van der Waals surface area contributed by atoms with E-state index in [9.17, 15) is 31.5 Å². The predicted molar refractivity (Wildman–Crippen MR) is 116 cm³/mol. The van der Waals surface area contributed by atoms with Crippen molar-refractivity contribution in [2.24, 2.45) is 0 Å². The van der Waals surface area contributed by atoms with Gasteiger partial charge in [-0.25, -0.2) is 22.0 Å². The molecule has 0 atom stereocenters. The van der Waals surface area contributed by atoms with Crippen molar-refractivity contribution in [3.8, 4) is 11.8 Å². The van der Waals surface area contributed by atoms with Crippen LogP contribution in [0.15, 0.2) is 0 Å². The molecule has 0 saturated carbocycles. The lowest BCUT2D eigenvalue weighted by molar-refractivity contribution is -0.146. The quantitative estimate of drug-likeness (QED) is 0.0688. The number of halogens is 5. The summed E-state index contributed by atoms with van der Waals surface area (Å²) in [5, 5.41) is 0. The summed E-state index contributed by atoms with van der Waals surface area (Å²) in [6, 6.07) is 0. The summed E-state index contributed by atoms with van der Waals surface area (Å²) < 4.78 is 75.8. The van der Waals surface area contributed by atoms with Crippen LogP contribution >= 0.6 is 0 Å². The Morgan fingerprint density at radius 1 is 0.647 bits per heavy atom. The molecule has 1 aromatic rings. The summed E-state index contributed by atoms with van der Waals surface area (Å²) in [7, 11) is 0. The van der Waals surface area contributed by atoms with E-state index in [1.165, 1.54) is 38.5 Å². The lowest BCUT2D eigenvalue weighted by Gasteiger charge is -2.09. The van der Waals surface area contributed by atoms with Gasteiger partial charge in [-0.05, 0) is 12.8 Å². The molecule has 0 aliphatic heterocycles. The van der Waals surface area contributed by atoms with Crippen LogP contribution in [0, 0.1) is 40.9 Å². The molecule has 0 spiro atoms. The molecule has 0 radical (unpaired) electrons. The fourth-order valence-electron chi connectivity index (χ4n) is 3.05. The highest BCUT2D eigenvalue weighted by Gasteiger charge is 2.26. The molecule has 4 nitrogen and oxygen atoms in total. The fraction of sp³-hybridized carbons (Fsp3) is 0.600. The lowest BCUT2D eigenvalue weighted by atomic mass is 10.1. The van der Waals surface area contributed by atoms with E-state index in [-0.39, 0.29) is 25.9 Å². The fourth-order valence-corrected chi connectivity index (χ4v) is 3.05. The minimum absolute atomic E-state index is 0.0282. The number of hydrogen-bond donors (Lipinski definition) is 0. The van der Waals surface area contributed by atoms with Crippen LogP contribution in [0.5, 0.6) is 0 Å². The SMILES string of the molecule is CCCCCCCCCCC#CCOC(=O)CCCC(=O)OCc1c(F)c(F)c(F)c(F)c1F. The van der Waals surface area contributed by atoms with Crippen molar-refractivity contribution in [1.29, 1.82) is 0 Å². The maximum atomic E-state index is 13.5. The van der Waals surface area contributed by atoms with Crippen LogP contribution in [0.4, 0.5) is 22.0 Å². The van der Waals surface area contributed by atoms with Crippen molar-refractivity contribution in [3.63, 3.8) is 0 Å². The molecular weight excluding hydrogens is 459 g/mol. The molecule has 0 bridgehead atoms. The molecular formula is C25H31F5O4. The summed E-state index contributed by atoms with van der Waals surface area (Å²) in [5.41, 5.74) is -1.24. The zero-order valence-electron chi connectivity index (χ0n) is 19.4. The highest BCUT2D eigenvalue weighted by Crippen LogP contribution is 2.23. The number of benzene rings is 1. The normalized spacial score (nSPS) is 10.5. The molecule has 0 unspecified atom stereocenters. The molecule has 0 amide bonds. The monoisotopic (exact) mass is 490 g/mol. The Bertz CT molecular complexity index is 832. The Morgan fingerprint density at radius 3 is 1.74 bits per heavy atom. The Morgan fingerprint density at radius 2 is 1.15 bits per heavy atom. The molecule has 0 N–H and O–H groups in total. The molecule has 0 saturated heterocycles. The third kappa shape index (κ3) is 11.0. The lowest BCUT2D eigenvalue weighted by Crippen LogP contribution is -2.12. The van der Waals surface area contributed by atoms with E-state index in [2.05, 4.69) is 23.5 Å². The van der Waals surface area contributed by atoms with Crippen LogP contribution in [0.3, 0.4) is 0 Å². The van der Waals surface area contributed by atoms with E-state index in [1.807, 2.05) is 0 Å². The van der Waals surface area contributed by atoms with Crippen molar-refractivity contribution in [1.82, 2.24) is 0 Å². The molecule has 9 heteroatoms. The zero-order valence-corrected chi connectivity index (χ0v) is 19.4. The summed E-state index contributed by atoms with van der Waals surface area (Å²) in [4.78, 5) is 23.2. The van der Waals surface area contributed by atoms with Crippen molar-refractivity contribution in [2.75, 3.05) is 6.61 Å². The van der Waals surface area contributed by atoms with E-state index in [0.717, 1.165) is 19.3 Å². The van der Waals surface area contributed by atoms with Crippen LogP contribution < -0.4 is 0 Å². The number of carbonyl (C=O) groups excluding carboxylic acids is 2. The van der Waals surface area contributed by atoms with Crippen molar-refractivity contribution >= 4 is 11.9 Å². The van der Waals surface area contributed by atoms with Crippen LogP contribution in [-0.4, -0.2) is 18.5 Å². The standard InChI is InChI=1S/C25H31F5O4/c1-2-3-4-5-6-7-8-9-10-11-12-16-33-19(31)14-13-15-20(32)34-17-18-21(26)23(28)25(30)24(29)22(18)27/h2-10,13-17H2,1H3. The van der Waals surface area contributed by atoms with Gasteiger partial charge in [-0.2, -0.15) is 0 Å². The Hall–Kier alpha value is -2.63. The third-order valence-electron chi connectivity index (χ3n) is 5.03. The van der Waals surface area contributed by atoms with Gasteiger partial charge in [0.1, 0.15) is 6.61 Å². The Balaban J connectivity index is 2.15. The summed E-state index contributed by atoms with van der Waals surface area (Å²) in [6.45, 7) is 1.01. The van der Waals surface area contributed by atoms with Crippen LogP contribution in [0.1, 0.15) is 89.5 Å². The number of esters is 2. The minimum atomic E-state index is -2.29. The van der Waals surface area contributed by atoms with Gasteiger partial charge in [0.25, 0.3) is 0 Å². The molecule has 1 aromatic carbocycles. The molecule has 190 valence electrons. The maximum Gasteiger partial charge on any atom is 0.306 e. The Labute approximate surface area is 197 Å². The third-order valence-corrected chi connectivity index (χ3v) is 5.03. The number of unbranched alkanes of at least 4 members (excludes halogenated alkanes) is 8. The van der Waals surface area contributed by atoms with Gasteiger partial charge in [0, 0.05) is 19.3 Å². The van der Waals surface area contributed by atoms with Gasteiger partial charge in [0.2, 0.25) is 5.82 Å². The van der Waals surface area contributed by atoms with Crippen LogP contribution in [0.25, 0.3) is 0 Å². The molecule has 0 aliphatic carbocycles. The highest BCUT2D eigenvalue weighted by atomic mass is 19.2. The van der Waals surface area contributed by atoms with Crippen molar-refractivity contribution < 1.29 is 41.0 Å². The van der Waals surface area contributed by atoms with Gasteiger partial charge in [0.05, 0.1) is 5.56 Å². The number of carbonyl (C=O) groups is 2. The first-order valence-electron chi connectivity index (χ1n) is 11.6. The summed E-state index contributed by atoms with van der Waals surface area (Å²) >= 11 is 0. The van der Waals surface area contributed by atoms with Crippen molar-refractivity contribution in [2.45, 2.75) is 90.6 Å². The molecule has 0 aromatic heterocycles. The number of rotatable bonds is 15. The summed E-state index contributed by atoms with van der Waals surface area (Å²) in [5.74, 6) is -6.48. The largest absolute Gasteiger partial charge is 0.461 e. The van der Waals surface area contributed by atoms with Crippen LogP contribution in [0.2, 0.25) is 0 Å². The average molecular weight is 491 g/mol. The van der Waals surface area contributed by atoms with E-state index < -0.39 is 53.2 Å². The van der Waals surface area contributed by atoms with E-state index in [0.29, 0.717) is 0 Å². The summed E-state index contributed by atoms with van der Waals surface area (Å²) in [6.07, 6.45) is 10.0. The topological polar surface area (TPSA) is 52.6 Å². The second kappa shape index (κ2) is 16.9. The van der Waals surface area contributed by atoms with Gasteiger partial charge in [-0.15, -0.1) is 0 Å². The number of ether oxygens (including phenoxy) is 2. The maximum absolute atomic E-state index is 13.5. The molecule has 0 aliphatic rings. The van der Waals surface area contributed by atoms with Gasteiger partial charge < -0.3 is 9.47 Å². The first kappa shape index (κ1) is 29.4. The van der Waals surface area contributed by atoms with Gasteiger partial charge >= 0.3 is 11.9 Å². The second-order valence-electron chi connectivity index (χ2n) is 7.80. The van der Waals surface area contributed by atoms with E-state index in [4.69, 9.17) is 4.74 Å². The second-order valence-corrected chi connectivity index (χ2v) is 7.80. The van der Waals surface area contributed by atoms with Gasteiger partial charge in [0.15, 0.2) is 29.9 Å². The molecule has 34 heavy (non-hydrogen) atoms. The Kier molecular flexibility index (Phi) is 14.6.